The first-order valence-electron chi connectivity index (χ1n) is 10.3. The van der Waals surface area contributed by atoms with Gasteiger partial charge in [0.2, 0.25) is 11.8 Å². The molecule has 1 aliphatic heterocycles. The van der Waals surface area contributed by atoms with Gasteiger partial charge in [-0.2, -0.15) is 0 Å². The average molecular weight is 464 g/mol. The number of hydrogen-bond acceptors (Lipinski definition) is 6. The van der Waals surface area contributed by atoms with Gasteiger partial charge < -0.3 is 9.15 Å². The molecule has 1 amide bonds. The Balaban J connectivity index is 1.82. The third kappa shape index (κ3) is 3.32. The molecular weight excluding hydrogens is 444 g/mol. The van der Waals surface area contributed by atoms with Crippen molar-refractivity contribution in [3.8, 4) is 0 Å². The van der Waals surface area contributed by atoms with Crippen molar-refractivity contribution in [2.24, 2.45) is 0 Å². The molecule has 0 saturated heterocycles. The second-order valence-electron chi connectivity index (χ2n) is 7.67. The number of fused-ring (bicyclic) bond motifs is 3. The SMILES string of the molecule is COC(=O)C1CN(c2ccco2)C(=O)Cc2c1n(S(=O)(=O)c1ccccc1)c1ccccc21. The van der Waals surface area contributed by atoms with Gasteiger partial charge in [0.25, 0.3) is 10.0 Å². The van der Waals surface area contributed by atoms with E-state index in [1.165, 1.54) is 34.4 Å². The van der Waals surface area contributed by atoms with Crippen LogP contribution in [0.1, 0.15) is 17.2 Å². The Labute approximate surface area is 190 Å². The maximum atomic E-state index is 13.8. The van der Waals surface area contributed by atoms with E-state index in [0.717, 1.165) is 0 Å². The molecule has 0 N–H and O–H groups in total. The van der Waals surface area contributed by atoms with Crippen LogP contribution in [0.3, 0.4) is 0 Å². The van der Waals surface area contributed by atoms with E-state index < -0.39 is 21.9 Å². The average Bonchev–Trinajstić information content (AvgIpc) is 3.44. The van der Waals surface area contributed by atoms with Gasteiger partial charge in [0.1, 0.15) is 5.92 Å². The second kappa shape index (κ2) is 7.93. The quantitative estimate of drug-likeness (QED) is 0.430. The number of methoxy groups -OCH3 is 1. The number of anilines is 1. The van der Waals surface area contributed by atoms with Crippen LogP contribution in [0.2, 0.25) is 0 Å². The standard InChI is InChI=1S/C24H20N2O6S/c1-31-24(28)19-15-25(22-12-7-13-32-22)21(27)14-18-17-10-5-6-11-20(17)26(23(18)19)33(29,30)16-8-3-2-4-9-16/h2-13,19H,14-15H2,1H3. The molecule has 0 saturated carbocycles. The highest BCUT2D eigenvalue weighted by atomic mass is 32.2. The summed E-state index contributed by atoms with van der Waals surface area (Å²) < 4.78 is 39.3. The maximum Gasteiger partial charge on any atom is 0.316 e. The molecule has 4 aromatic rings. The van der Waals surface area contributed by atoms with Crippen LogP contribution in [-0.2, 0) is 30.8 Å². The van der Waals surface area contributed by atoms with Gasteiger partial charge in [-0.1, -0.05) is 36.4 Å². The summed E-state index contributed by atoms with van der Waals surface area (Å²) in [5.74, 6) is -1.72. The molecule has 0 aliphatic carbocycles. The van der Waals surface area contributed by atoms with Crippen molar-refractivity contribution in [2.75, 3.05) is 18.6 Å². The zero-order chi connectivity index (χ0) is 23.2. The number of rotatable bonds is 4. The number of furan rings is 1. The highest BCUT2D eigenvalue weighted by Crippen LogP contribution is 2.39. The number of esters is 1. The molecule has 1 aliphatic rings. The highest BCUT2D eigenvalue weighted by molar-refractivity contribution is 7.90. The maximum absolute atomic E-state index is 13.8. The molecule has 0 bridgehead atoms. The minimum absolute atomic E-state index is 0.0793. The van der Waals surface area contributed by atoms with Crippen LogP contribution in [0.15, 0.2) is 82.3 Å². The fourth-order valence-electron chi connectivity index (χ4n) is 4.37. The molecule has 0 fully saturated rings. The number of para-hydroxylation sites is 1. The smallest absolute Gasteiger partial charge is 0.316 e. The molecule has 1 unspecified atom stereocenters. The normalized spacial score (nSPS) is 16.5. The van der Waals surface area contributed by atoms with Crippen molar-refractivity contribution < 1.29 is 27.2 Å². The van der Waals surface area contributed by atoms with Crippen LogP contribution in [0.5, 0.6) is 0 Å². The third-order valence-corrected chi connectivity index (χ3v) is 7.58. The van der Waals surface area contributed by atoms with Crippen molar-refractivity contribution in [3.05, 3.63) is 84.3 Å². The molecule has 0 radical (unpaired) electrons. The van der Waals surface area contributed by atoms with Crippen molar-refractivity contribution in [1.29, 1.82) is 0 Å². The van der Waals surface area contributed by atoms with E-state index in [4.69, 9.17) is 9.15 Å². The Hall–Kier alpha value is -3.85. The van der Waals surface area contributed by atoms with Gasteiger partial charge in [-0.05, 0) is 29.8 Å². The first-order valence-corrected chi connectivity index (χ1v) is 11.7. The number of hydrogen-bond donors (Lipinski definition) is 0. The number of carbonyl (C=O) groups is 2. The molecule has 168 valence electrons. The van der Waals surface area contributed by atoms with Gasteiger partial charge in [-0.15, -0.1) is 0 Å². The molecule has 5 rings (SSSR count). The first kappa shape index (κ1) is 21.0. The summed E-state index contributed by atoms with van der Waals surface area (Å²) in [6.45, 7) is -0.118. The van der Waals surface area contributed by atoms with E-state index in [1.807, 2.05) is 0 Å². The number of benzene rings is 2. The summed E-state index contributed by atoms with van der Waals surface area (Å²) in [7, 11) is -2.85. The van der Waals surface area contributed by atoms with Gasteiger partial charge in [0.15, 0.2) is 0 Å². The van der Waals surface area contributed by atoms with Gasteiger partial charge in [0, 0.05) is 18.0 Å². The zero-order valence-electron chi connectivity index (χ0n) is 17.7. The summed E-state index contributed by atoms with van der Waals surface area (Å²) in [5, 5.41) is 0.593. The first-order chi connectivity index (χ1) is 15.9. The van der Waals surface area contributed by atoms with Gasteiger partial charge in [-0.25, -0.2) is 12.4 Å². The predicted molar refractivity (Wildman–Crippen MR) is 120 cm³/mol. The molecule has 33 heavy (non-hydrogen) atoms. The van der Waals surface area contributed by atoms with E-state index in [0.29, 0.717) is 16.5 Å². The Morgan fingerprint density at radius 3 is 2.45 bits per heavy atom. The van der Waals surface area contributed by atoms with E-state index in [-0.39, 0.29) is 35.3 Å². The summed E-state index contributed by atoms with van der Waals surface area (Å²) in [5.41, 5.74) is 1.12. The van der Waals surface area contributed by atoms with Crippen LogP contribution < -0.4 is 4.90 Å². The van der Waals surface area contributed by atoms with E-state index in [9.17, 15) is 18.0 Å². The number of nitrogens with zero attached hydrogens (tertiary/aromatic N) is 2. The summed E-state index contributed by atoms with van der Waals surface area (Å²) in [6.07, 6.45) is 1.34. The minimum atomic E-state index is -4.09. The van der Waals surface area contributed by atoms with Gasteiger partial charge >= 0.3 is 5.97 Å². The lowest BCUT2D eigenvalue weighted by Gasteiger charge is -2.23. The van der Waals surface area contributed by atoms with Gasteiger partial charge in [0.05, 0.1) is 35.9 Å². The molecule has 9 heteroatoms. The molecular formula is C24H20N2O6S. The fourth-order valence-corrected chi connectivity index (χ4v) is 6.00. The van der Waals surface area contributed by atoms with Crippen LogP contribution in [0.25, 0.3) is 10.9 Å². The molecule has 8 nitrogen and oxygen atoms in total. The van der Waals surface area contributed by atoms with Crippen molar-refractivity contribution in [2.45, 2.75) is 17.2 Å². The number of amides is 1. The fraction of sp³-hybridized carbons (Fsp3) is 0.167. The molecule has 2 aromatic carbocycles. The summed E-state index contributed by atoms with van der Waals surface area (Å²) in [4.78, 5) is 27.7. The van der Waals surface area contributed by atoms with Crippen molar-refractivity contribution in [3.63, 3.8) is 0 Å². The third-order valence-electron chi connectivity index (χ3n) is 5.84. The Kier molecular flexibility index (Phi) is 5.05. The van der Waals surface area contributed by atoms with E-state index in [2.05, 4.69) is 0 Å². The lowest BCUT2D eigenvalue weighted by Crippen LogP contribution is -2.36. The highest BCUT2D eigenvalue weighted by Gasteiger charge is 2.40. The number of carbonyl (C=O) groups excluding carboxylic acids is 2. The Bertz CT molecular complexity index is 1460. The van der Waals surface area contributed by atoms with Gasteiger partial charge in [-0.3, -0.25) is 14.5 Å². The van der Waals surface area contributed by atoms with Crippen molar-refractivity contribution in [1.82, 2.24) is 3.97 Å². The Morgan fingerprint density at radius 2 is 1.76 bits per heavy atom. The number of ether oxygens (including phenoxy) is 1. The predicted octanol–water partition coefficient (Wildman–Crippen LogP) is 3.32. The monoisotopic (exact) mass is 464 g/mol. The number of aromatic nitrogens is 1. The summed E-state index contributed by atoms with van der Waals surface area (Å²) >= 11 is 0. The van der Waals surface area contributed by atoms with Crippen molar-refractivity contribution >= 4 is 38.7 Å². The lowest BCUT2D eigenvalue weighted by molar-refractivity contribution is -0.142. The zero-order valence-corrected chi connectivity index (χ0v) is 18.5. The van der Waals surface area contributed by atoms with E-state index >= 15 is 0 Å². The van der Waals surface area contributed by atoms with Crippen LogP contribution >= 0.6 is 0 Å². The Morgan fingerprint density at radius 1 is 1.03 bits per heavy atom. The molecule has 1 atom stereocenters. The largest absolute Gasteiger partial charge is 0.468 e. The second-order valence-corrected chi connectivity index (χ2v) is 9.46. The summed E-state index contributed by atoms with van der Waals surface area (Å²) in [6, 6.07) is 18.2. The molecule has 0 spiro atoms. The van der Waals surface area contributed by atoms with Crippen LogP contribution in [0.4, 0.5) is 5.88 Å². The molecule has 2 aromatic heterocycles. The van der Waals surface area contributed by atoms with Crippen LogP contribution in [-0.4, -0.2) is 37.9 Å². The minimum Gasteiger partial charge on any atom is -0.468 e. The van der Waals surface area contributed by atoms with E-state index in [1.54, 1.807) is 54.6 Å². The molecule has 3 heterocycles. The topological polar surface area (TPSA) is 98.8 Å². The van der Waals surface area contributed by atoms with Crippen LogP contribution in [0, 0.1) is 0 Å². The lowest BCUT2D eigenvalue weighted by atomic mass is 10.00.